The normalized spacial score (nSPS) is 27.4. The van der Waals surface area contributed by atoms with Gasteiger partial charge in [-0.25, -0.2) is 0 Å². The Morgan fingerprint density at radius 1 is 1.33 bits per heavy atom. The standard InChI is InChI=1S/C19H25NO4/c1-12-9-15(12)16-6-5-14(24-16)11-20(13-3-4-13)17(21)10-19(18(22)23)7-2-8-19/h5-6,12-13,15H,2-4,7-11H2,1H3,(H,22,23). The molecule has 0 aliphatic heterocycles. The molecule has 2 unspecified atom stereocenters. The van der Waals surface area contributed by atoms with E-state index in [9.17, 15) is 14.7 Å². The van der Waals surface area contributed by atoms with Crippen LogP contribution in [0.3, 0.4) is 0 Å². The molecule has 1 aromatic rings. The van der Waals surface area contributed by atoms with Crippen LogP contribution in [-0.2, 0) is 16.1 Å². The van der Waals surface area contributed by atoms with E-state index in [1.54, 1.807) is 0 Å². The topological polar surface area (TPSA) is 70.8 Å². The van der Waals surface area contributed by atoms with Crippen LogP contribution in [0, 0.1) is 11.3 Å². The van der Waals surface area contributed by atoms with Crippen molar-refractivity contribution in [3.8, 4) is 0 Å². The number of carbonyl (C=O) groups is 2. The zero-order chi connectivity index (χ0) is 16.9. The Balaban J connectivity index is 1.43. The van der Waals surface area contributed by atoms with Gasteiger partial charge in [-0.1, -0.05) is 13.3 Å². The third-order valence-electron chi connectivity index (χ3n) is 6.05. The highest BCUT2D eigenvalue weighted by Crippen LogP contribution is 2.48. The monoisotopic (exact) mass is 331 g/mol. The molecular formula is C19H25NO4. The first kappa shape index (κ1) is 15.7. The second-order valence-electron chi connectivity index (χ2n) is 7.99. The molecule has 1 heterocycles. The van der Waals surface area contributed by atoms with Crippen molar-refractivity contribution in [2.24, 2.45) is 11.3 Å². The Labute approximate surface area is 142 Å². The Morgan fingerprint density at radius 3 is 2.54 bits per heavy atom. The van der Waals surface area contributed by atoms with Crippen molar-refractivity contribution in [1.82, 2.24) is 4.90 Å². The zero-order valence-corrected chi connectivity index (χ0v) is 14.2. The third-order valence-corrected chi connectivity index (χ3v) is 6.05. The molecule has 0 aromatic carbocycles. The lowest BCUT2D eigenvalue weighted by molar-refractivity contribution is -0.159. The van der Waals surface area contributed by atoms with E-state index in [4.69, 9.17) is 4.42 Å². The average Bonchev–Trinajstić information content (AvgIpc) is 3.41. The number of carbonyl (C=O) groups excluding carboxylic acids is 1. The van der Waals surface area contributed by atoms with Gasteiger partial charge in [0, 0.05) is 18.4 Å². The fourth-order valence-corrected chi connectivity index (χ4v) is 3.83. The summed E-state index contributed by atoms with van der Waals surface area (Å²) < 4.78 is 5.94. The maximum atomic E-state index is 12.8. The van der Waals surface area contributed by atoms with E-state index in [-0.39, 0.29) is 18.4 Å². The minimum Gasteiger partial charge on any atom is -0.481 e. The summed E-state index contributed by atoms with van der Waals surface area (Å²) in [6.45, 7) is 2.69. The zero-order valence-electron chi connectivity index (χ0n) is 14.2. The summed E-state index contributed by atoms with van der Waals surface area (Å²) in [5, 5.41) is 9.47. The maximum Gasteiger partial charge on any atom is 0.310 e. The number of aliphatic carboxylic acids is 1. The van der Waals surface area contributed by atoms with Gasteiger partial charge in [0.25, 0.3) is 0 Å². The van der Waals surface area contributed by atoms with E-state index in [0.29, 0.717) is 31.2 Å². The fraction of sp³-hybridized carbons (Fsp3) is 0.684. The Morgan fingerprint density at radius 2 is 2.04 bits per heavy atom. The van der Waals surface area contributed by atoms with Crippen molar-refractivity contribution < 1.29 is 19.1 Å². The van der Waals surface area contributed by atoms with Crippen LogP contribution in [0.4, 0.5) is 0 Å². The van der Waals surface area contributed by atoms with Crippen LogP contribution in [0.2, 0.25) is 0 Å². The number of nitrogens with zero attached hydrogens (tertiary/aromatic N) is 1. The van der Waals surface area contributed by atoms with Gasteiger partial charge in [0.2, 0.25) is 5.91 Å². The number of rotatable bonds is 7. The predicted octanol–water partition coefficient (Wildman–Crippen LogP) is 3.54. The second kappa shape index (κ2) is 5.64. The molecule has 0 saturated heterocycles. The molecule has 3 aliphatic rings. The van der Waals surface area contributed by atoms with Crippen molar-refractivity contribution in [3.63, 3.8) is 0 Å². The number of hydrogen-bond donors (Lipinski definition) is 1. The Kier molecular flexibility index (Phi) is 3.70. The summed E-state index contributed by atoms with van der Waals surface area (Å²) in [5.74, 6) is 2.23. The maximum absolute atomic E-state index is 12.8. The van der Waals surface area contributed by atoms with Crippen molar-refractivity contribution in [2.45, 2.75) is 70.4 Å². The molecule has 1 amide bonds. The van der Waals surface area contributed by atoms with Crippen molar-refractivity contribution in [3.05, 3.63) is 23.7 Å². The first-order valence-electron chi connectivity index (χ1n) is 9.10. The van der Waals surface area contributed by atoms with Crippen LogP contribution in [0.15, 0.2) is 16.5 Å². The van der Waals surface area contributed by atoms with Gasteiger partial charge in [0.05, 0.1) is 12.0 Å². The minimum atomic E-state index is -0.819. The van der Waals surface area contributed by atoms with E-state index < -0.39 is 11.4 Å². The molecule has 24 heavy (non-hydrogen) atoms. The van der Waals surface area contributed by atoms with Crippen molar-refractivity contribution >= 4 is 11.9 Å². The highest BCUT2D eigenvalue weighted by Gasteiger charge is 2.48. The second-order valence-corrected chi connectivity index (χ2v) is 7.99. The van der Waals surface area contributed by atoms with E-state index in [0.717, 1.165) is 30.8 Å². The average molecular weight is 331 g/mol. The first-order chi connectivity index (χ1) is 11.5. The number of amides is 1. The molecule has 0 bridgehead atoms. The molecule has 4 rings (SSSR count). The molecule has 130 valence electrons. The predicted molar refractivity (Wildman–Crippen MR) is 87.3 cm³/mol. The number of hydrogen-bond acceptors (Lipinski definition) is 3. The minimum absolute atomic E-state index is 0.0302. The van der Waals surface area contributed by atoms with Crippen LogP contribution in [-0.4, -0.2) is 27.9 Å². The summed E-state index contributed by atoms with van der Waals surface area (Å²) in [6.07, 6.45) is 5.49. The Hall–Kier alpha value is -1.78. The van der Waals surface area contributed by atoms with E-state index >= 15 is 0 Å². The number of carboxylic acids is 1. The molecule has 0 radical (unpaired) electrons. The van der Waals surface area contributed by atoms with Gasteiger partial charge >= 0.3 is 5.97 Å². The van der Waals surface area contributed by atoms with Gasteiger partial charge in [-0.05, 0) is 50.2 Å². The molecule has 1 N–H and O–H groups in total. The summed E-state index contributed by atoms with van der Waals surface area (Å²) in [4.78, 5) is 26.1. The number of furan rings is 1. The Bertz CT molecular complexity index is 656. The smallest absolute Gasteiger partial charge is 0.310 e. The van der Waals surface area contributed by atoms with Crippen molar-refractivity contribution in [1.29, 1.82) is 0 Å². The molecule has 5 heteroatoms. The molecule has 5 nitrogen and oxygen atoms in total. The van der Waals surface area contributed by atoms with Gasteiger partial charge in [-0.15, -0.1) is 0 Å². The lowest BCUT2D eigenvalue weighted by Crippen LogP contribution is -2.44. The number of carboxylic acid groups (broad SMARTS) is 1. The molecular weight excluding hydrogens is 306 g/mol. The van der Waals surface area contributed by atoms with Crippen molar-refractivity contribution in [2.75, 3.05) is 0 Å². The summed E-state index contributed by atoms with van der Waals surface area (Å²) in [7, 11) is 0. The summed E-state index contributed by atoms with van der Waals surface area (Å²) in [6, 6.07) is 4.26. The van der Waals surface area contributed by atoms with Crippen LogP contribution in [0.1, 0.15) is 69.3 Å². The molecule has 3 fully saturated rings. The van der Waals surface area contributed by atoms with Gasteiger partial charge in [-0.3, -0.25) is 9.59 Å². The van der Waals surface area contributed by atoms with Gasteiger partial charge in [-0.2, -0.15) is 0 Å². The molecule has 0 spiro atoms. The van der Waals surface area contributed by atoms with E-state index in [2.05, 4.69) is 6.92 Å². The van der Waals surface area contributed by atoms with Crippen LogP contribution in [0.25, 0.3) is 0 Å². The highest BCUT2D eigenvalue weighted by molar-refractivity contribution is 5.86. The molecule has 3 aliphatic carbocycles. The fourth-order valence-electron chi connectivity index (χ4n) is 3.83. The van der Waals surface area contributed by atoms with Gasteiger partial charge < -0.3 is 14.4 Å². The third kappa shape index (κ3) is 2.85. The van der Waals surface area contributed by atoms with Gasteiger partial charge in [0.15, 0.2) is 0 Å². The van der Waals surface area contributed by atoms with E-state index in [1.807, 2.05) is 17.0 Å². The van der Waals surface area contributed by atoms with Crippen LogP contribution in [0.5, 0.6) is 0 Å². The van der Waals surface area contributed by atoms with E-state index in [1.165, 1.54) is 6.42 Å². The lowest BCUT2D eigenvalue weighted by atomic mass is 9.66. The lowest BCUT2D eigenvalue weighted by Gasteiger charge is -2.38. The van der Waals surface area contributed by atoms with Crippen LogP contribution < -0.4 is 0 Å². The molecule has 3 saturated carbocycles. The largest absolute Gasteiger partial charge is 0.481 e. The first-order valence-corrected chi connectivity index (χ1v) is 9.10. The summed E-state index contributed by atoms with van der Waals surface area (Å²) >= 11 is 0. The molecule has 2 atom stereocenters. The van der Waals surface area contributed by atoms with Gasteiger partial charge in [0.1, 0.15) is 11.5 Å². The SMILES string of the molecule is CC1CC1c1ccc(CN(C(=O)CC2(C(=O)O)CCC2)C2CC2)o1. The van der Waals surface area contributed by atoms with Crippen LogP contribution >= 0.6 is 0 Å². The highest BCUT2D eigenvalue weighted by atomic mass is 16.4. The summed E-state index contributed by atoms with van der Waals surface area (Å²) in [5.41, 5.74) is -0.817. The molecule has 1 aromatic heterocycles. The quantitative estimate of drug-likeness (QED) is 0.829.